The number of benzene rings is 3. The number of para-hydroxylation sites is 2. The zero-order valence-corrected chi connectivity index (χ0v) is 15.8. The van der Waals surface area contributed by atoms with E-state index in [2.05, 4.69) is 15.5 Å². The molecule has 29 heavy (non-hydrogen) atoms. The molecular formula is C23H19N3O3. The third kappa shape index (κ3) is 4.32. The molecule has 0 atom stereocenters. The molecule has 0 unspecified atom stereocenters. The fourth-order valence-electron chi connectivity index (χ4n) is 2.85. The van der Waals surface area contributed by atoms with Crippen LogP contribution in [0.5, 0.6) is 5.75 Å². The van der Waals surface area contributed by atoms with E-state index in [-0.39, 0.29) is 12.5 Å². The van der Waals surface area contributed by atoms with E-state index in [9.17, 15) is 4.79 Å². The molecule has 0 bridgehead atoms. The van der Waals surface area contributed by atoms with Crippen molar-refractivity contribution in [2.45, 2.75) is 6.92 Å². The van der Waals surface area contributed by atoms with Crippen molar-refractivity contribution in [1.82, 2.24) is 10.1 Å². The first-order valence-corrected chi connectivity index (χ1v) is 9.17. The van der Waals surface area contributed by atoms with Gasteiger partial charge in [0.25, 0.3) is 11.8 Å². The minimum absolute atomic E-state index is 0.130. The molecule has 0 aliphatic carbocycles. The fraction of sp³-hybridized carbons (Fsp3) is 0.0870. The molecule has 0 saturated carbocycles. The molecule has 1 amide bonds. The van der Waals surface area contributed by atoms with Gasteiger partial charge in [0, 0.05) is 11.3 Å². The van der Waals surface area contributed by atoms with E-state index >= 15 is 0 Å². The molecule has 6 nitrogen and oxygen atoms in total. The third-order valence-electron chi connectivity index (χ3n) is 4.35. The summed E-state index contributed by atoms with van der Waals surface area (Å²) in [6.07, 6.45) is 0. The summed E-state index contributed by atoms with van der Waals surface area (Å²) in [5.41, 5.74) is 3.24. The average Bonchev–Trinajstić information content (AvgIpc) is 3.25. The van der Waals surface area contributed by atoms with Crippen LogP contribution < -0.4 is 10.1 Å². The number of aryl methyl sites for hydroxylation is 1. The Morgan fingerprint density at radius 1 is 0.966 bits per heavy atom. The Kier molecular flexibility index (Phi) is 5.33. The van der Waals surface area contributed by atoms with Crippen molar-refractivity contribution in [1.29, 1.82) is 0 Å². The van der Waals surface area contributed by atoms with Gasteiger partial charge >= 0.3 is 0 Å². The van der Waals surface area contributed by atoms with Crippen LogP contribution in [0, 0.1) is 6.92 Å². The molecule has 3 aromatic carbocycles. The van der Waals surface area contributed by atoms with Crippen molar-refractivity contribution in [3.05, 3.63) is 84.4 Å². The second-order valence-corrected chi connectivity index (χ2v) is 6.44. The minimum Gasteiger partial charge on any atom is -0.483 e. The van der Waals surface area contributed by atoms with Crippen LogP contribution in [0.1, 0.15) is 5.56 Å². The number of carbonyl (C=O) groups excluding carboxylic acids is 1. The normalized spacial score (nSPS) is 10.5. The standard InChI is InChI=1S/C23H19N3O3/c1-16-9-5-7-13-19(16)24-21(27)15-28-20-14-8-6-12-18(20)22-25-23(29-26-22)17-10-3-2-4-11-17/h2-14H,15H2,1H3,(H,24,27). The summed E-state index contributed by atoms with van der Waals surface area (Å²) in [5.74, 6) is 1.09. The molecule has 1 N–H and O–H groups in total. The first-order valence-electron chi connectivity index (χ1n) is 9.17. The number of rotatable bonds is 6. The lowest BCUT2D eigenvalue weighted by Gasteiger charge is -2.11. The highest BCUT2D eigenvalue weighted by molar-refractivity contribution is 5.92. The van der Waals surface area contributed by atoms with Crippen molar-refractivity contribution < 1.29 is 14.1 Å². The molecule has 0 aliphatic rings. The Balaban J connectivity index is 1.48. The van der Waals surface area contributed by atoms with Gasteiger partial charge in [-0.3, -0.25) is 4.79 Å². The first kappa shape index (κ1) is 18.4. The first-order chi connectivity index (χ1) is 14.2. The van der Waals surface area contributed by atoms with E-state index in [0.717, 1.165) is 16.8 Å². The molecule has 144 valence electrons. The van der Waals surface area contributed by atoms with Crippen LogP contribution in [0.4, 0.5) is 5.69 Å². The SMILES string of the molecule is Cc1ccccc1NC(=O)COc1ccccc1-c1noc(-c2ccccc2)n1. The summed E-state index contributed by atoms with van der Waals surface area (Å²) in [6.45, 7) is 1.81. The van der Waals surface area contributed by atoms with Gasteiger partial charge in [-0.1, -0.05) is 53.7 Å². The van der Waals surface area contributed by atoms with E-state index < -0.39 is 0 Å². The van der Waals surface area contributed by atoms with Crippen molar-refractivity contribution in [2.24, 2.45) is 0 Å². The molecule has 0 fully saturated rings. The molecule has 4 aromatic rings. The molecule has 0 spiro atoms. The number of hydrogen-bond donors (Lipinski definition) is 1. The molecule has 6 heteroatoms. The third-order valence-corrected chi connectivity index (χ3v) is 4.35. The van der Waals surface area contributed by atoms with Crippen LogP contribution in [0.25, 0.3) is 22.8 Å². The number of amides is 1. The van der Waals surface area contributed by atoms with Crippen LogP contribution >= 0.6 is 0 Å². The predicted molar refractivity (Wildman–Crippen MR) is 110 cm³/mol. The van der Waals surface area contributed by atoms with Crippen molar-refractivity contribution in [2.75, 3.05) is 11.9 Å². The molecule has 1 aromatic heterocycles. The summed E-state index contributed by atoms with van der Waals surface area (Å²) in [6, 6.07) is 24.4. The highest BCUT2D eigenvalue weighted by Crippen LogP contribution is 2.29. The van der Waals surface area contributed by atoms with Crippen LogP contribution in [0.2, 0.25) is 0 Å². The Hall–Kier alpha value is -3.93. The number of ether oxygens (including phenoxy) is 1. The van der Waals surface area contributed by atoms with Crippen molar-refractivity contribution in [3.63, 3.8) is 0 Å². The smallest absolute Gasteiger partial charge is 0.262 e. The van der Waals surface area contributed by atoms with Gasteiger partial charge in [0.15, 0.2) is 6.61 Å². The summed E-state index contributed by atoms with van der Waals surface area (Å²) < 4.78 is 11.1. The van der Waals surface area contributed by atoms with Gasteiger partial charge in [0.1, 0.15) is 5.75 Å². The number of nitrogens with zero attached hydrogens (tertiary/aromatic N) is 2. The predicted octanol–water partition coefficient (Wildman–Crippen LogP) is 4.73. The van der Waals surface area contributed by atoms with Crippen LogP contribution in [0.15, 0.2) is 83.4 Å². The van der Waals surface area contributed by atoms with Gasteiger partial charge in [-0.2, -0.15) is 4.98 Å². The van der Waals surface area contributed by atoms with E-state index in [0.29, 0.717) is 23.0 Å². The Morgan fingerprint density at radius 2 is 1.69 bits per heavy atom. The van der Waals surface area contributed by atoms with Crippen LogP contribution in [0.3, 0.4) is 0 Å². The highest BCUT2D eigenvalue weighted by atomic mass is 16.5. The fourth-order valence-corrected chi connectivity index (χ4v) is 2.85. The molecule has 1 heterocycles. The zero-order valence-electron chi connectivity index (χ0n) is 15.8. The summed E-state index contributed by atoms with van der Waals surface area (Å²) in [7, 11) is 0. The Labute approximate surface area is 168 Å². The van der Waals surface area contributed by atoms with E-state index in [1.807, 2.05) is 79.7 Å². The Morgan fingerprint density at radius 3 is 2.52 bits per heavy atom. The largest absolute Gasteiger partial charge is 0.483 e. The summed E-state index contributed by atoms with van der Waals surface area (Å²) >= 11 is 0. The van der Waals surface area contributed by atoms with E-state index in [1.165, 1.54) is 0 Å². The Bertz CT molecular complexity index is 1120. The van der Waals surface area contributed by atoms with Gasteiger partial charge in [-0.25, -0.2) is 0 Å². The van der Waals surface area contributed by atoms with Gasteiger partial charge in [0.05, 0.1) is 5.56 Å². The monoisotopic (exact) mass is 385 g/mol. The lowest BCUT2D eigenvalue weighted by Crippen LogP contribution is -2.20. The molecular weight excluding hydrogens is 366 g/mol. The van der Waals surface area contributed by atoms with Crippen LogP contribution in [-0.4, -0.2) is 22.7 Å². The number of aromatic nitrogens is 2. The lowest BCUT2D eigenvalue weighted by molar-refractivity contribution is -0.118. The minimum atomic E-state index is -0.243. The highest BCUT2D eigenvalue weighted by Gasteiger charge is 2.15. The van der Waals surface area contributed by atoms with Crippen LogP contribution in [-0.2, 0) is 4.79 Å². The summed E-state index contributed by atoms with van der Waals surface area (Å²) in [4.78, 5) is 16.7. The average molecular weight is 385 g/mol. The van der Waals surface area contributed by atoms with Gasteiger partial charge in [-0.05, 0) is 42.8 Å². The number of nitrogens with one attached hydrogen (secondary N) is 1. The lowest BCUT2D eigenvalue weighted by atomic mass is 10.2. The van der Waals surface area contributed by atoms with Gasteiger partial charge in [0.2, 0.25) is 5.82 Å². The maximum absolute atomic E-state index is 12.3. The van der Waals surface area contributed by atoms with E-state index in [1.54, 1.807) is 6.07 Å². The van der Waals surface area contributed by atoms with Gasteiger partial charge < -0.3 is 14.6 Å². The van der Waals surface area contributed by atoms with Gasteiger partial charge in [-0.15, -0.1) is 0 Å². The van der Waals surface area contributed by atoms with E-state index in [4.69, 9.17) is 9.26 Å². The number of carbonyl (C=O) groups is 1. The topological polar surface area (TPSA) is 77.2 Å². The number of hydrogen-bond acceptors (Lipinski definition) is 5. The second-order valence-electron chi connectivity index (χ2n) is 6.44. The quantitative estimate of drug-likeness (QED) is 0.519. The molecule has 0 aliphatic heterocycles. The van der Waals surface area contributed by atoms with Crippen molar-refractivity contribution in [3.8, 4) is 28.6 Å². The van der Waals surface area contributed by atoms with Crippen molar-refractivity contribution >= 4 is 11.6 Å². The number of anilines is 1. The molecule has 0 radical (unpaired) electrons. The summed E-state index contributed by atoms with van der Waals surface area (Å²) in [5, 5.41) is 6.91. The molecule has 0 saturated heterocycles. The molecule has 4 rings (SSSR count). The maximum atomic E-state index is 12.3. The maximum Gasteiger partial charge on any atom is 0.262 e. The second kappa shape index (κ2) is 8.39. The zero-order chi connectivity index (χ0) is 20.1.